The third-order valence-electron chi connectivity index (χ3n) is 3.52. The summed E-state index contributed by atoms with van der Waals surface area (Å²) in [5, 5.41) is 0. The molecule has 2 rings (SSSR count). The van der Waals surface area contributed by atoms with E-state index in [4.69, 9.17) is 5.73 Å². The number of benzene rings is 1. The van der Waals surface area contributed by atoms with E-state index in [1.807, 2.05) is 43.4 Å². The Balaban J connectivity index is 1.76. The van der Waals surface area contributed by atoms with Crippen molar-refractivity contribution in [3.05, 3.63) is 59.9 Å². The summed E-state index contributed by atoms with van der Waals surface area (Å²) in [7, 11) is 1.85. The number of pyridine rings is 1. The molecule has 0 bridgehead atoms. The van der Waals surface area contributed by atoms with Crippen LogP contribution in [0.3, 0.4) is 0 Å². The minimum Gasteiger partial charge on any atom is -0.399 e. The maximum atomic E-state index is 12.1. The lowest BCUT2D eigenvalue weighted by Crippen LogP contribution is -2.29. The molecule has 4 heteroatoms. The molecule has 0 atom stereocenters. The number of aromatic nitrogens is 1. The molecule has 4 nitrogen and oxygen atoms in total. The van der Waals surface area contributed by atoms with Crippen molar-refractivity contribution in [1.29, 1.82) is 0 Å². The number of carbonyl (C=O) groups excluding carboxylic acids is 1. The van der Waals surface area contributed by atoms with Crippen LogP contribution in [-0.2, 0) is 17.6 Å². The number of likely N-dealkylation sites (N-methyl/N-ethyl adjacent to an activating group) is 1. The lowest BCUT2D eigenvalue weighted by Gasteiger charge is -2.17. The summed E-state index contributed by atoms with van der Waals surface area (Å²) in [6.07, 6.45) is 5.68. The first-order valence-electron chi connectivity index (χ1n) is 7.12. The van der Waals surface area contributed by atoms with Gasteiger partial charge in [-0.05, 0) is 48.2 Å². The Morgan fingerprint density at radius 1 is 1.05 bits per heavy atom. The molecule has 0 saturated heterocycles. The molecule has 0 fully saturated rings. The fourth-order valence-corrected chi connectivity index (χ4v) is 2.10. The summed E-state index contributed by atoms with van der Waals surface area (Å²) in [6, 6.07) is 11.6. The number of carbonyl (C=O) groups is 1. The zero-order chi connectivity index (χ0) is 15.1. The first-order chi connectivity index (χ1) is 10.1. The van der Waals surface area contributed by atoms with Crippen molar-refractivity contribution >= 4 is 11.6 Å². The van der Waals surface area contributed by atoms with Gasteiger partial charge >= 0.3 is 0 Å². The van der Waals surface area contributed by atoms with Gasteiger partial charge in [-0.1, -0.05) is 12.1 Å². The van der Waals surface area contributed by atoms with Gasteiger partial charge in [0.25, 0.3) is 0 Å². The van der Waals surface area contributed by atoms with Crippen molar-refractivity contribution in [2.24, 2.45) is 0 Å². The fourth-order valence-electron chi connectivity index (χ4n) is 2.10. The van der Waals surface area contributed by atoms with E-state index < -0.39 is 0 Å². The summed E-state index contributed by atoms with van der Waals surface area (Å²) in [5.74, 6) is 0.167. The van der Waals surface area contributed by atoms with E-state index in [1.165, 1.54) is 5.56 Å². The maximum Gasteiger partial charge on any atom is 0.222 e. The fraction of sp³-hybridized carbons (Fsp3) is 0.294. The van der Waals surface area contributed by atoms with Crippen LogP contribution in [-0.4, -0.2) is 29.4 Å². The van der Waals surface area contributed by atoms with Gasteiger partial charge < -0.3 is 10.6 Å². The standard InChI is InChI=1S/C17H21N3O/c1-20(13-10-15-8-11-19-12-9-15)17(21)7-4-14-2-5-16(18)6-3-14/h2-3,5-6,8-9,11-12H,4,7,10,13,18H2,1H3. The highest BCUT2D eigenvalue weighted by Crippen LogP contribution is 2.09. The Labute approximate surface area is 125 Å². The van der Waals surface area contributed by atoms with Crippen LogP contribution in [0.25, 0.3) is 0 Å². The molecule has 0 aliphatic carbocycles. The van der Waals surface area contributed by atoms with Gasteiger partial charge in [0, 0.05) is 38.1 Å². The minimum atomic E-state index is 0.167. The summed E-state index contributed by atoms with van der Waals surface area (Å²) in [6.45, 7) is 0.727. The molecule has 2 aromatic rings. The topological polar surface area (TPSA) is 59.2 Å². The monoisotopic (exact) mass is 283 g/mol. The van der Waals surface area contributed by atoms with Crippen LogP contribution in [0, 0.1) is 0 Å². The van der Waals surface area contributed by atoms with Gasteiger partial charge in [-0.3, -0.25) is 9.78 Å². The number of nitrogens with two attached hydrogens (primary N) is 1. The highest BCUT2D eigenvalue weighted by atomic mass is 16.2. The number of nitrogens with zero attached hydrogens (tertiary/aromatic N) is 2. The average Bonchev–Trinajstić information content (AvgIpc) is 2.52. The van der Waals surface area contributed by atoms with E-state index in [9.17, 15) is 4.79 Å². The van der Waals surface area contributed by atoms with Crippen LogP contribution in [0.4, 0.5) is 5.69 Å². The predicted molar refractivity (Wildman–Crippen MR) is 84.8 cm³/mol. The third-order valence-corrected chi connectivity index (χ3v) is 3.52. The molecule has 2 N–H and O–H groups in total. The lowest BCUT2D eigenvalue weighted by atomic mass is 10.1. The van der Waals surface area contributed by atoms with Crippen LogP contribution < -0.4 is 5.73 Å². The summed E-state index contributed by atoms with van der Waals surface area (Å²) < 4.78 is 0. The normalized spacial score (nSPS) is 10.3. The molecule has 1 heterocycles. The first kappa shape index (κ1) is 15.0. The van der Waals surface area contributed by atoms with Crippen LogP contribution in [0.15, 0.2) is 48.8 Å². The molecular formula is C17H21N3O. The summed E-state index contributed by atoms with van der Waals surface area (Å²) in [4.78, 5) is 17.9. The zero-order valence-electron chi connectivity index (χ0n) is 12.3. The lowest BCUT2D eigenvalue weighted by molar-refractivity contribution is -0.129. The highest BCUT2D eigenvalue weighted by Gasteiger charge is 2.08. The number of nitrogen functional groups attached to an aromatic ring is 1. The van der Waals surface area contributed by atoms with Gasteiger partial charge in [-0.25, -0.2) is 0 Å². The van der Waals surface area contributed by atoms with Crippen molar-refractivity contribution in [2.45, 2.75) is 19.3 Å². The Morgan fingerprint density at radius 3 is 2.33 bits per heavy atom. The molecule has 0 aliphatic rings. The van der Waals surface area contributed by atoms with E-state index in [1.54, 1.807) is 17.3 Å². The van der Waals surface area contributed by atoms with Gasteiger partial charge in [0.05, 0.1) is 0 Å². The molecule has 1 amide bonds. The van der Waals surface area contributed by atoms with Gasteiger partial charge in [0.2, 0.25) is 5.91 Å². The van der Waals surface area contributed by atoms with Gasteiger partial charge in [-0.15, -0.1) is 0 Å². The van der Waals surface area contributed by atoms with E-state index in [-0.39, 0.29) is 5.91 Å². The first-order valence-corrected chi connectivity index (χ1v) is 7.12. The van der Waals surface area contributed by atoms with Gasteiger partial charge in [-0.2, -0.15) is 0 Å². The van der Waals surface area contributed by atoms with Crippen LogP contribution >= 0.6 is 0 Å². The molecule has 0 saturated carbocycles. The Hall–Kier alpha value is -2.36. The maximum absolute atomic E-state index is 12.1. The van der Waals surface area contributed by atoms with Crippen molar-refractivity contribution < 1.29 is 4.79 Å². The molecule has 0 aliphatic heterocycles. The molecule has 1 aromatic carbocycles. The summed E-state index contributed by atoms with van der Waals surface area (Å²) in [5.41, 5.74) is 8.73. The molecule has 0 unspecified atom stereocenters. The second-order valence-electron chi connectivity index (χ2n) is 5.16. The SMILES string of the molecule is CN(CCc1ccncc1)C(=O)CCc1ccc(N)cc1. The van der Waals surface area contributed by atoms with E-state index in [2.05, 4.69) is 4.98 Å². The second kappa shape index (κ2) is 7.43. The Bertz CT molecular complexity index is 566. The predicted octanol–water partition coefficient (Wildman–Crippen LogP) is 2.30. The van der Waals surface area contributed by atoms with Crippen molar-refractivity contribution in [3.8, 4) is 0 Å². The number of hydrogen-bond donors (Lipinski definition) is 1. The van der Waals surface area contributed by atoms with Crippen molar-refractivity contribution in [2.75, 3.05) is 19.3 Å². The minimum absolute atomic E-state index is 0.167. The van der Waals surface area contributed by atoms with E-state index in [0.29, 0.717) is 6.42 Å². The molecule has 0 radical (unpaired) electrons. The number of hydrogen-bond acceptors (Lipinski definition) is 3. The van der Waals surface area contributed by atoms with E-state index in [0.717, 1.165) is 30.6 Å². The van der Waals surface area contributed by atoms with Crippen molar-refractivity contribution in [3.63, 3.8) is 0 Å². The van der Waals surface area contributed by atoms with Gasteiger partial charge in [0.15, 0.2) is 0 Å². The van der Waals surface area contributed by atoms with Gasteiger partial charge in [0.1, 0.15) is 0 Å². The Kier molecular flexibility index (Phi) is 5.32. The number of anilines is 1. The number of aryl methyl sites for hydroxylation is 1. The molecular weight excluding hydrogens is 262 g/mol. The third kappa shape index (κ3) is 4.91. The number of amides is 1. The highest BCUT2D eigenvalue weighted by molar-refractivity contribution is 5.76. The molecule has 1 aromatic heterocycles. The summed E-state index contributed by atoms with van der Waals surface area (Å²) >= 11 is 0. The van der Waals surface area contributed by atoms with Crippen LogP contribution in [0.2, 0.25) is 0 Å². The molecule has 110 valence electrons. The van der Waals surface area contributed by atoms with E-state index >= 15 is 0 Å². The Morgan fingerprint density at radius 2 is 1.67 bits per heavy atom. The molecule has 21 heavy (non-hydrogen) atoms. The average molecular weight is 283 g/mol. The molecule has 0 spiro atoms. The van der Waals surface area contributed by atoms with Crippen molar-refractivity contribution in [1.82, 2.24) is 9.88 Å². The largest absolute Gasteiger partial charge is 0.399 e. The zero-order valence-corrected chi connectivity index (χ0v) is 12.3. The smallest absolute Gasteiger partial charge is 0.222 e. The van der Waals surface area contributed by atoms with Crippen LogP contribution in [0.5, 0.6) is 0 Å². The quantitative estimate of drug-likeness (QED) is 0.828. The van der Waals surface area contributed by atoms with Crippen LogP contribution in [0.1, 0.15) is 17.5 Å². The second-order valence-corrected chi connectivity index (χ2v) is 5.16. The number of rotatable bonds is 6.